The second kappa shape index (κ2) is 7.70. The topological polar surface area (TPSA) is 115 Å². The lowest BCUT2D eigenvalue weighted by atomic mass is 9.86. The SMILES string of the molecule is C=C[C@]1(c2nnc(-c3ncccc3Nc3ccc(OC(F)(F)F)cn3)o2)CCNC1=O. The summed E-state index contributed by atoms with van der Waals surface area (Å²) in [5.74, 6) is -0.342. The van der Waals surface area contributed by atoms with Gasteiger partial charge in [0.1, 0.15) is 17.0 Å². The first kappa shape index (κ1) is 20.3. The molecule has 0 aromatic carbocycles. The van der Waals surface area contributed by atoms with E-state index in [1.165, 1.54) is 18.3 Å². The zero-order valence-electron chi connectivity index (χ0n) is 15.8. The maximum atomic E-state index is 12.3. The van der Waals surface area contributed by atoms with Gasteiger partial charge in [0.05, 0.1) is 11.9 Å². The molecule has 3 aromatic heterocycles. The molecule has 0 radical (unpaired) electrons. The second-order valence-electron chi connectivity index (χ2n) is 6.55. The summed E-state index contributed by atoms with van der Waals surface area (Å²) in [6, 6.07) is 5.72. The Morgan fingerprint density at radius 3 is 2.74 bits per heavy atom. The highest BCUT2D eigenvalue weighted by Crippen LogP contribution is 2.35. The van der Waals surface area contributed by atoms with E-state index in [1.54, 1.807) is 12.1 Å². The van der Waals surface area contributed by atoms with Gasteiger partial charge >= 0.3 is 6.36 Å². The summed E-state index contributed by atoms with van der Waals surface area (Å²) in [5.41, 5.74) is -0.418. The number of rotatable bonds is 6. The maximum absolute atomic E-state index is 12.3. The van der Waals surface area contributed by atoms with E-state index in [2.05, 4.69) is 42.1 Å². The minimum Gasteiger partial charge on any atom is -0.418 e. The van der Waals surface area contributed by atoms with E-state index < -0.39 is 17.5 Å². The summed E-state index contributed by atoms with van der Waals surface area (Å²) in [4.78, 5) is 20.4. The lowest BCUT2D eigenvalue weighted by molar-refractivity contribution is -0.274. The first-order chi connectivity index (χ1) is 14.8. The number of amides is 1. The molecule has 31 heavy (non-hydrogen) atoms. The lowest BCUT2D eigenvalue weighted by Gasteiger charge is -2.15. The van der Waals surface area contributed by atoms with Crippen molar-refractivity contribution < 1.29 is 27.1 Å². The van der Waals surface area contributed by atoms with E-state index in [0.29, 0.717) is 18.7 Å². The molecule has 1 saturated heterocycles. The predicted molar refractivity (Wildman–Crippen MR) is 101 cm³/mol. The molecule has 1 amide bonds. The molecule has 0 aliphatic carbocycles. The molecular formula is C19H15F3N6O3. The van der Waals surface area contributed by atoms with E-state index in [1.807, 2.05) is 0 Å². The fourth-order valence-corrected chi connectivity index (χ4v) is 3.09. The van der Waals surface area contributed by atoms with Gasteiger partial charge in [0.25, 0.3) is 5.89 Å². The van der Waals surface area contributed by atoms with Gasteiger partial charge in [0.15, 0.2) is 5.69 Å². The number of nitrogens with one attached hydrogen (secondary N) is 2. The predicted octanol–water partition coefficient (Wildman–Crippen LogP) is 3.11. The number of hydrogen-bond acceptors (Lipinski definition) is 8. The van der Waals surface area contributed by atoms with Crippen molar-refractivity contribution in [2.24, 2.45) is 0 Å². The van der Waals surface area contributed by atoms with Crippen LogP contribution < -0.4 is 15.4 Å². The fraction of sp³-hybridized carbons (Fsp3) is 0.211. The van der Waals surface area contributed by atoms with Gasteiger partial charge in [0.2, 0.25) is 11.8 Å². The normalized spacial score (nSPS) is 18.5. The number of pyridine rings is 2. The number of carbonyl (C=O) groups is 1. The molecule has 1 aliphatic heterocycles. The Bertz CT molecular complexity index is 1120. The third-order valence-electron chi connectivity index (χ3n) is 4.61. The van der Waals surface area contributed by atoms with Crippen molar-refractivity contribution in [2.45, 2.75) is 18.2 Å². The van der Waals surface area contributed by atoms with Crippen molar-refractivity contribution >= 4 is 17.4 Å². The van der Waals surface area contributed by atoms with Crippen molar-refractivity contribution in [1.82, 2.24) is 25.5 Å². The van der Waals surface area contributed by atoms with Gasteiger partial charge in [0, 0.05) is 12.7 Å². The molecule has 3 aromatic rings. The monoisotopic (exact) mass is 432 g/mol. The zero-order valence-corrected chi connectivity index (χ0v) is 15.8. The van der Waals surface area contributed by atoms with Crippen LogP contribution in [0.1, 0.15) is 12.3 Å². The number of ether oxygens (including phenoxy) is 1. The van der Waals surface area contributed by atoms with Gasteiger partial charge in [-0.05, 0) is 30.7 Å². The lowest BCUT2D eigenvalue weighted by Crippen LogP contribution is -2.33. The van der Waals surface area contributed by atoms with Crippen LogP contribution >= 0.6 is 0 Å². The zero-order chi connectivity index (χ0) is 22.1. The minimum absolute atomic E-state index is 0.0519. The van der Waals surface area contributed by atoms with Crippen LogP contribution in [0.4, 0.5) is 24.7 Å². The Morgan fingerprint density at radius 1 is 1.26 bits per heavy atom. The summed E-state index contributed by atoms with van der Waals surface area (Å²) in [7, 11) is 0. The molecule has 0 saturated carbocycles. The number of alkyl halides is 3. The van der Waals surface area contributed by atoms with Crippen LogP contribution in [0.15, 0.2) is 53.7 Å². The van der Waals surface area contributed by atoms with Crippen LogP contribution in [-0.2, 0) is 10.2 Å². The quantitative estimate of drug-likeness (QED) is 0.571. The van der Waals surface area contributed by atoms with Gasteiger partial charge in [-0.25, -0.2) is 9.97 Å². The van der Waals surface area contributed by atoms with E-state index >= 15 is 0 Å². The summed E-state index contributed by atoms with van der Waals surface area (Å²) in [5, 5.41) is 13.7. The Kier molecular flexibility index (Phi) is 5.05. The number of anilines is 2. The van der Waals surface area contributed by atoms with Gasteiger partial charge in [-0.3, -0.25) is 4.79 Å². The first-order valence-corrected chi connectivity index (χ1v) is 9.01. The molecule has 2 N–H and O–H groups in total. The third-order valence-corrected chi connectivity index (χ3v) is 4.61. The van der Waals surface area contributed by atoms with Gasteiger partial charge in [-0.15, -0.1) is 29.9 Å². The molecule has 4 rings (SSSR count). The van der Waals surface area contributed by atoms with Crippen LogP contribution in [0.3, 0.4) is 0 Å². The molecule has 1 fully saturated rings. The highest BCUT2D eigenvalue weighted by Gasteiger charge is 2.46. The number of carbonyl (C=O) groups excluding carboxylic acids is 1. The van der Waals surface area contributed by atoms with Crippen LogP contribution in [0.25, 0.3) is 11.6 Å². The molecule has 160 valence electrons. The fourth-order valence-electron chi connectivity index (χ4n) is 3.09. The Labute approximate surface area is 173 Å². The summed E-state index contributed by atoms with van der Waals surface area (Å²) >= 11 is 0. The smallest absolute Gasteiger partial charge is 0.418 e. The van der Waals surface area contributed by atoms with Gasteiger partial charge in [-0.1, -0.05) is 6.08 Å². The first-order valence-electron chi connectivity index (χ1n) is 9.01. The molecule has 0 spiro atoms. The molecule has 1 atom stereocenters. The van der Waals surface area contributed by atoms with Crippen molar-refractivity contribution in [1.29, 1.82) is 0 Å². The largest absolute Gasteiger partial charge is 0.573 e. The molecular weight excluding hydrogens is 417 g/mol. The van der Waals surface area contributed by atoms with Crippen LogP contribution in [0, 0.1) is 0 Å². The highest BCUT2D eigenvalue weighted by molar-refractivity contribution is 5.91. The van der Waals surface area contributed by atoms with Crippen molar-refractivity contribution in [3.8, 4) is 17.3 Å². The van der Waals surface area contributed by atoms with Gasteiger partial charge in [-0.2, -0.15) is 0 Å². The highest BCUT2D eigenvalue weighted by atomic mass is 19.4. The van der Waals surface area contributed by atoms with Crippen molar-refractivity contribution in [3.63, 3.8) is 0 Å². The summed E-state index contributed by atoms with van der Waals surface area (Å²) < 4.78 is 46.4. The summed E-state index contributed by atoms with van der Waals surface area (Å²) in [6.07, 6.45) is -0.464. The van der Waals surface area contributed by atoms with Crippen molar-refractivity contribution in [2.75, 3.05) is 11.9 Å². The van der Waals surface area contributed by atoms with Crippen LogP contribution in [0.2, 0.25) is 0 Å². The molecule has 9 nitrogen and oxygen atoms in total. The average Bonchev–Trinajstić information content (AvgIpc) is 3.36. The molecule has 1 aliphatic rings. The maximum Gasteiger partial charge on any atom is 0.573 e. The number of hydrogen-bond donors (Lipinski definition) is 2. The van der Waals surface area contributed by atoms with Crippen molar-refractivity contribution in [3.05, 3.63) is 55.2 Å². The van der Waals surface area contributed by atoms with E-state index in [4.69, 9.17) is 4.42 Å². The Balaban J connectivity index is 1.59. The minimum atomic E-state index is -4.80. The van der Waals surface area contributed by atoms with Crippen LogP contribution in [-0.4, -0.2) is 39.0 Å². The van der Waals surface area contributed by atoms with E-state index in [0.717, 1.165) is 12.3 Å². The Hall–Kier alpha value is -3.96. The van der Waals surface area contributed by atoms with E-state index in [-0.39, 0.29) is 29.2 Å². The Morgan fingerprint density at radius 2 is 2.10 bits per heavy atom. The molecule has 12 heteroatoms. The number of aromatic nitrogens is 4. The standard InChI is InChI=1S/C19H15F3N6O3/c1-2-18(7-9-24-16(18)29)17-28-27-15(30-17)14-12(4-3-8-23-14)26-13-6-5-11(10-25-13)31-19(20,21)22/h2-6,8,10H,1,7,9H2,(H,24,29)(H,25,26)/t18-/m0/s1. The average molecular weight is 432 g/mol. The van der Waals surface area contributed by atoms with Crippen LogP contribution in [0.5, 0.6) is 5.75 Å². The summed E-state index contributed by atoms with van der Waals surface area (Å²) in [6.45, 7) is 4.18. The number of halogens is 3. The third kappa shape index (κ3) is 4.04. The van der Waals surface area contributed by atoms with Gasteiger partial charge < -0.3 is 19.8 Å². The molecule has 0 bridgehead atoms. The molecule has 4 heterocycles. The second-order valence-corrected chi connectivity index (χ2v) is 6.55. The van der Waals surface area contributed by atoms with E-state index in [9.17, 15) is 18.0 Å². The number of nitrogens with zero attached hydrogens (tertiary/aromatic N) is 4. The molecule has 0 unspecified atom stereocenters.